The second-order valence-electron chi connectivity index (χ2n) is 16.2. The van der Waals surface area contributed by atoms with E-state index in [0.717, 1.165) is 59.4 Å². The molecule has 10 heterocycles. The number of oxazole rings is 2. The van der Waals surface area contributed by atoms with Crippen LogP contribution in [0.1, 0.15) is 64.2 Å². The molecule has 0 bridgehead atoms. The third kappa shape index (κ3) is 11.0. The van der Waals surface area contributed by atoms with Crippen LogP contribution < -0.4 is 24.7 Å². The van der Waals surface area contributed by atoms with E-state index in [9.17, 15) is 0 Å². The predicted octanol–water partition coefficient (Wildman–Crippen LogP) is 5.96. The van der Waals surface area contributed by atoms with Crippen LogP contribution >= 0.6 is 15.9 Å². The fourth-order valence-corrected chi connectivity index (χ4v) is 9.14. The molecule has 4 aliphatic rings. The summed E-state index contributed by atoms with van der Waals surface area (Å²) in [4.78, 5) is 35.8. The lowest BCUT2D eigenvalue weighted by Gasteiger charge is -2.39. The number of hydrogen-bond acceptors (Lipinski definition) is 16. The number of halogens is 1. The molecule has 62 heavy (non-hydrogen) atoms. The van der Waals surface area contributed by atoms with Gasteiger partial charge >= 0.3 is 7.12 Å². The Balaban J connectivity index is 0.000000141. The number of aromatic nitrogens is 6. The van der Waals surface area contributed by atoms with Gasteiger partial charge in [0.25, 0.3) is 12.0 Å². The van der Waals surface area contributed by atoms with E-state index in [2.05, 4.69) is 65.4 Å². The standard InChI is InChI=1S/C22H27N5O2.C16H21BrN4O.C6H8BNO3/c1-28-20-14-16(5-8-23-20)17-13-19-21(24-15-17)25-22(29-19)27-11-6-18(7-12-27)26-9-3-2-4-10-26;17-12-10-14-15(18-11-12)19-16(22-14)21-8-4-13(5-9-21)20-6-2-1-3-7-20;1-11-6-4-5(7(9)10)2-3-8-6/h5,8,13-15,18H,2-4,6-7,9-12H2,1H3;10-11,13H,1-9H2;2-4,9-10H,1H3. The summed E-state index contributed by atoms with van der Waals surface area (Å²) in [5.41, 5.74) is 5.14. The number of methoxy groups -OCH3 is 2. The molecule has 0 aliphatic carbocycles. The van der Waals surface area contributed by atoms with E-state index in [1.54, 1.807) is 19.5 Å². The minimum atomic E-state index is -1.47. The van der Waals surface area contributed by atoms with Crippen LogP contribution in [-0.4, -0.2) is 136 Å². The van der Waals surface area contributed by atoms with Crippen LogP contribution in [0.2, 0.25) is 0 Å². The lowest BCUT2D eigenvalue weighted by molar-refractivity contribution is 0.140. The highest BCUT2D eigenvalue weighted by molar-refractivity contribution is 9.10. The number of hydrogen-bond donors (Lipinski definition) is 2. The maximum absolute atomic E-state index is 8.72. The van der Waals surface area contributed by atoms with Gasteiger partial charge in [0.2, 0.25) is 23.1 Å². The molecule has 10 rings (SSSR count). The fraction of sp³-hybridized carbons (Fsp3) is 0.500. The van der Waals surface area contributed by atoms with E-state index in [4.69, 9.17) is 28.4 Å². The SMILES string of the molecule is Brc1cnc2nc(N3CCC(N4CCCCC4)CC3)oc2c1.COc1cc(-c2cnc3nc(N4CCC(N5CCCCC5)CC4)oc3c2)ccn1.COc1cc(B(O)O)ccn1. The van der Waals surface area contributed by atoms with Gasteiger partial charge in [-0.3, -0.25) is 0 Å². The van der Waals surface area contributed by atoms with Gasteiger partial charge in [0.1, 0.15) is 0 Å². The Morgan fingerprint density at radius 3 is 1.63 bits per heavy atom. The first-order valence-electron chi connectivity index (χ1n) is 21.9. The zero-order chi connectivity index (χ0) is 42.8. The highest BCUT2D eigenvalue weighted by Gasteiger charge is 2.29. The first kappa shape index (κ1) is 43.8. The third-order valence-corrected chi connectivity index (χ3v) is 12.7. The van der Waals surface area contributed by atoms with Gasteiger partial charge < -0.3 is 48.0 Å². The van der Waals surface area contributed by atoms with Gasteiger partial charge in [0, 0.05) is 91.3 Å². The summed E-state index contributed by atoms with van der Waals surface area (Å²) in [5.74, 6) is 0.952. The average molecular weight is 912 g/mol. The molecule has 6 aromatic heterocycles. The number of pyridine rings is 4. The number of likely N-dealkylation sites (tertiary alicyclic amines) is 2. The minimum Gasteiger partial charge on any atom is -0.481 e. The normalized spacial score (nSPS) is 18.2. The molecule has 0 amide bonds. The van der Waals surface area contributed by atoms with Crippen LogP contribution in [0.15, 0.2) is 74.5 Å². The largest absolute Gasteiger partial charge is 0.488 e. The highest BCUT2D eigenvalue weighted by atomic mass is 79.9. The van der Waals surface area contributed by atoms with Crippen molar-refractivity contribution in [2.24, 2.45) is 0 Å². The van der Waals surface area contributed by atoms with Crippen molar-refractivity contribution in [2.75, 3.05) is 76.4 Å². The molecular weight excluding hydrogens is 855 g/mol. The van der Waals surface area contributed by atoms with E-state index < -0.39 is 7.12 Å². The molecule has 0 unspecified atom stereocenters. The average Bonchev–Trinajstić information content (AvgIpc) is 3.97. The van der Waals surface area contributed by atoms with Crippen LogP contribution in [0.25, 0.3) is 33.6 Å². The van der Waals surface area contributed by atoms with Gasteiger partial charge in [-0.15, -0.1) is 0 Å². The summed E-state index contributed by atoms with van der Waals surface area (Å²) in [6.45, 7) is 9.12. The first-order valence-corrected chi connectivity index (χ1v) is 22.7. The predicted molar refractivity (Wildman–Crippen MR) is 243 cm³/mol. The number of fused-ring (bicyclic) bond motifs is 2. The topological polar surface area (TPSA) is 176 Å². The van der Waals surface area contributed by atoms with Crippen LogP contribution in [0.4, 0.5) is 12.0 Å². The Morgan fingerprint density at radius 2 is 1.10 bits per heavy atom. The van der Waals surface area contributed by atoms with Crippen molar-refractivity contribution >= 4 is 63.0 Å². The summed E-state index contributed by atoms with van der Waals surface area (Å²) >= 11 is 3.42. The Labute approximate surface area is 371 Å². The summed E-state index contributed by atoms with van der Waals surface area (Å²) in [7, 11) is 1.62. The van der Waals surface area contributed by atoms with Crippen molar-refractivity contribution < 1.29 is 28.4 Å². The van der Waals surface area contributed by atoms with Gasteiger partial charge in [-0.25, -0.2) is 19.9 Å². The molecule has 6 aromatic rings. The molecule has 0 atom stereocenters. The fourth-order valence-electron chi connectivity index (χ4n) is 8.83. The second kappa shape index (κ2) is 21.0. The van der Waals surface area contributed by atoms with Crippen LogP contribution in [0.3, 0.4) is 0 Å². The summed E-state index contributed by atoms with van der Waals surface area (Å²) < 4.78 is 22.9. The van der Waals surface area contributed by atoms with E-state index >= 15 is 0 Å². The molecule has 0 radical (unpaired) electrons. The molecule has 2 N–H and O–H groups in total. The molecule has 4 saturated heterocycles. The molecule has 4 aliphatic heterocycles. The Morgan fingerprint density at radius 1 is 0.597 bits per heavy atom. The summed E-state index contributed by atoms with van der Waals surface area (Å²) in [5, 5.41) is 17.4. The smallest absolute Gasteiger partial charge is 0.481 e. The van der Waals surface area contributed by atoms with Crippen molar-refractivity contribution in [3.63, 3.8) is 0 Å². The van der Waals surface area contributed by atoms with Crippen LogP contribution in [0.5, 0.6) is 11.8 Å². The first-order chi connectivity index (χ1) is 30.3. The number of anilines is 2. The third-order valence-electron chi connectivity index (χ3n) is 12.3. The van der Waals surface area contributed by atoms with Gasteiger partial charge in [-0.05, 0) is 123 Å². The molecule has 18 heteroatoms. The second-order valence-corrected chi connectivity index (χ2v) is 17.2. The van der Waals surface area contributed by atoms with Crippen molar-refractivity contribution in [1.82, 2.24) is 39.7 Å². The summed E-state index contributed by atoms with van der Waals surface area (Å²) in [6, 6.07) is 13.6. The Bertz CT molecular complexity index is 2340. The lowest BCUT2D eigenvalue weighted by Crippen LogP contribution is -2.46. The van der Waals surface area contributed by atoms with Gasteiger partial charge in [-0.1, -0.05) is 12.8 Å². The Hall–Kier alpha value is -4.88. The quantitative estimate of drug-likeness (QED) is 0.171. The maximum Gasteiger partial charge on any atom is 0.488 e. The molecule has 4 fully saturated rings. The minimum absolute atomic E-state index is 0.371. The van der Waals surface area contributed by atoms with Crippen molar-refractivity contribution in [2.45, 2.75) is 76.3 Å². The van der Waals surface area contributed by atoms with Gasteiger partial charge in [-0.2, -0.15) is 9.97 Å². The molecular formula is C44H56BBrN10O6. The van der Waals surface area contributed by atoms with E-state index in [0.29, 0.717) is 46.2 Å². The number of nitrogens with zero attached hydrogens (tertiary/aromatic N) is 10. The zero-order valence-electron chi connectivity index (χ0n) is 35.6. The van der Waals surface area contributed by atoms with Crippen LogP contribution in [-0.2, 0) is 0 Å². The van der Waals surface area contributed by atoms with E-state index in [-0.39, 0.29) is 0 Å². The molecule has 328 valence electrons. The maximum atomic E-state index is 8.72. The number of ether oxygens (including phenoxy) is 2. The number of rotatable bonds is 8. The summed E-state index contributed by atoms with van der Waals surface area (Å²) in [6.07, 6.45) is 19.8. The zero-order valence-corrected chi connectivity index (χ0v) is 37.2. The molecule has 0 aromatic carbocycles. The van der Waals surface area contributed by atoms with Gasteiger partial charge in [0.15, 0.2) is 11.2 Å². The monoisotopic (exact) mass is 910 g/mol. The van der Waals surface area contributed by atoms with Crippen molar-refractivity contribution in [1.29, 1.82) is 0 Å². The van der Waals surface area contributed by atoms with E-state index in [1.807, 2.05) is 30.5 Å². The van der Waals surface area contributed by atoms with Crippen molar-refractivity contribution in [3.8, 4) is 22.9 Å². The molecule has 0 saturated carbocycles. The van der Waals surface area contributed by atoms with Crippen molar-refractivity contribution in [3.05, 3.63) is 65.7 Å². The molecule has 0 spiro atoms. The van der Waals surface area contributed by atoms with Gasteiger partial charge in [0.05, 0.1) is 14.2 Å². The Kier molecular flexibility index (Phi) is 14.8. The van der Waals surface area contributed by atoms with E-state index in [1.165, 1.54) is 116 Å². The number of piperidine rings is 4. The lowest BCUT2D eigenvalue weighted by atomic mass is 9.81. The highest BCUT2D eigenvalue weighted by Crippen LogP contribution is 2.31. The molecule has 16 nitrogen and oxygen atoms in total. The van der Waals surface area contributed by atoms with Crippen LogP contribution in [0, 0.1) is 0 Å².